The molecule has 4 nitrogen and oxygen atoms in total. The molecule has 1 aromatic carbocycles. The molecule has 0 atom stereocenters. The Kier molecular flexibility index (Phi) is 5.18. The van der Waals surface area contributed by atoms with E-state index in [9.17, 15) is 13.2 Å². The maximum Gasteiger partial charge on any atom is 0.416 e. The molecule has 0 bridgehead atoms. The van der Waals surface area contributed by atoms with Gasteiger partial charge < -0.3 is 10.1 Å². The van der Waals surface area contributed by atoms with Crippen molar-refractivity contribution in [2.45, 2.75) is 38.3 Å². The SMILES string of the molecule is Cc1cnc(C)c(NCC2(c3cccc(C(F)(F)F)c3)CCOCC2)n1. The van der Waals surface area contributed by atoms with Crippen LogP contribution in [0.15, 0.2) is 30.5 Å². The third kappa shape index (κ3) is 3.98. The first kappa shape index (κ1) is 18.6. The lowest BCUT2D eigenvalue weighted by Gasteiger charge is -2.38. The molecule has 26 heavy (non-hydrogen) atoms. The van der Waals surface area contributed by atoms with Crippen molar-refractivity contribution in [3.63, 3.8) is 0 Å². The summed E-state index contributed by atoms with van der Waals surface area (Å²) in [5, 5.41) is 3.31. The number of benzene rings is 1. The van der Waals surface area contributed by atoms with E-state index < -0.39 is 17.2 Å². The first-order valence-corrected chi connectivity index (χ1v) is 8.60. The fraction of sp³-hybridized carbons (Fsp3) is 0.474. The minimum atomic E-state index is -4.35. The normalized spacial score (nSPS) is 17.1. The molecule has 0 radical (unpaired) electrons. The first-order valence-electron chi connectivity index (χ1n) is 8.60. The summed E-state index contributed by atoms with van der Waals surface area (Å²) in [7, 11) is 0. The maximum atomic E-state index is 13.1. The highest BCUT2D eigenvalue weighted by Gasteiger charge is 2.37. The maximum absolute atomic E-state index is 13.1. The van der Waals surface area contributed by atoms with Gasteiger partial charge in [-0.25, -0.2) is 4.98 Å². The van der Waals surface area contributed by atoms with Crippen LogP contribution < -0.4 is 5.32 Å². The largest absolute Gasteiger partial charge is 0.416 e. The fourth-order valence-electron chi connectivity index (χ4n) is 3.31. The van der Waals surface area contributed by atoms with Crippen molar-refractivity contribution >= 4 is 5.82 Å². The van der Waals surface area contributed by atoms with Crippen LogP contribution in [0.25, 0.3) is 0 Å². The van der Waals surface area contributed by atoms with Gasteiger partial charge in [0.1, 0.15) is 5.82 Å². The van der Waals surface area contributed by atoms with E-state index in [4.69, 9.17) is 4.74 Å². The van der Waals surface area contributed by atoms with Gasteiger partial charge in [0.25, 0.3) is 0 Å². The van der Waals surface area contributed by atoms with Crippen molar-refractivity contribution in [1.82, 2.24) is 9.97 Å². The summed E-state index contributed by atoms with van der Waals surface area (Å²) in [6, 6.07) is 5.63. The molecule has 1 aliphatic rings. The van der Waals surface area contributed by atoms with E-state index in [0.29, 0.717) is 44.0 Å². The number of aryl methyl sites for hydroxylation is 2. The molecule has 3 rings (SSSR count). The molecule has 2 heterocycles. The number of anilines is 1. The van der Waals surface area contributed by atoms with Gasteiger partial charge in [0.05, 0.1) is 17.0 Å². The summed E-state index contributed by atoms with van der Waals surface area (Å²) in [5.74, 6) is 0.669. The number of alkyl halides is 3. The van der Waals surface area contributed by atoms with Crippen molar-refractivity contribution in [3.8, 4) is 0 Å². The van der Waals surface area contributed by atoms with Gasteiger partial charge in [-0.3, -0.25) is 4.98 Å². The molecule has 0 spiro atoms. The second kappa shape index (κ2) is 7.23. The Bertz CT molecular complexity index is 771. The summed E-state index contributed by atoms with van der Waals surface area (Å²) in [5.41, 5.74) is 1.19. The molecule has 0 aliphatic carbocycles. The standard InChI is InChI=1S/C19H22F3N3O/c1-13-11-23-14(2)17(25-13)24-12-18(6-8-26-9-7-18)15-4-3-5-16(10-15)19(20,21)22/h3-5,10-11H,6-9,12H2,1-2H3,(H,24,25). The van der Waals surface area contributed by atoms with Gasteiger partial charge in [0.2, 0.25) is 0 Å². The summed E-state index contributed by atoms with van der Waals surface area (Å²) in [6.07, 6.45) is -1.36. The summed E-state index contributed by atoms with van der Waals surface area (Å²) >= 11 is 0. The Morgan fingerprint density at radius 2 is 1.92 bits per heavy atom. The summed E-state index contributed by atoms with van der Waals surface area (Å²) < 4.78 is 44.9. The van der Waals surface area contributed by atoms with Gasteiger partial charge in [0.15, 0.2) is 0 Å². The molecule has 0 unspecified atom stereocenters. The van der Waals surface area contributed by atoms with Crippen LogP contribution in [0.3, 0.4) is 0 Å². The smallest absolute Gasteiger partial charge is 0.381 e. The Hall–Kier alpha value is -2.15. The van der Waals surface area contributed by atoms with E-state index in [-0.39, 0.29) is 0 Å². The number of hydrogen-bond acceptors (Lipinski definition) is 4. The van der Waals surface area contributed by atoms with Crippen molar-refractivity contribution in [2.24, 2.45) is 0 Å². The molecule has 1 saturated heterocycles. The molecule has 1 N–H and O–H groups in total. The lowest BCUT2D eigenvalue weighted by Crippen LogP contribution is -2.40. The Morgan fingerprint density at radius 3 is 2.62 bits per heavy atom. The van der Waals surface area contributed by atoms with Crippen LogP contribution in [0.5, 0.6) is 0 Å². The van der Waals surface area contributed by atoms with Gasteiger partial charge in [-0.1, -0.05) is 18.2 Å². The van der Waals surface area contributed by atoms with Crippen molar-refractivity contribution < 1.29 is 17.9 Å². The predicted octanol–water partition coefficient (Wildman–Crippen LogP) is 4.27. The summed E-state index contributed by atoms with van der Waals surface area (Å²) in [4.78, 5) is 8.74. The molecular formula is C19H22F3N3O. The van der Waals surface area contributed by atoms with Gasteiger partial charge >= 0.3 is 6.18 Å². The minimum Gasteiger partial charge on any atom is -0.381 e. The van der Waals surface area contributed by atoms with Crippen LogP contribution in [0.2, 0.25) is 0 Å². The zero-order valence-electron chi connectivity index (χ0n) is 14.9. The van der Waals surface area contributed by atoms with Crippen LogP contribution in [0.4, 0.5) is 19.0 Å². The van der Waals surface area contributed by atoms with Gasteiger partial charge in [-0.05, 0) is 38.3 Å². The lowest BCUT2D eigenvalue weighted by molar-refractivity contribution is -0.137. The van der Waals surface area contributed by atoms with Gasteiger partial charge in [-0.15, -0.1) is 0 Å². The topological polar surface area (TPSA) is 47.0 Å². The zero-order chi connectivity index (χ0) is 18.8. The van der Waals surface area contributed by atoms with Crippen molar-refractivity contribution in [1.29, 1.82) is 0 Å². The number of nitrogens with zero attached hydrogens (tertiary/aromatic N) is 2. The highest BCUT2D eigenvalue weighted by atomic mass is 19.4. The lowest BCUT2D eigenvalue weighted by atomic mass is 9.73. The molecule has 1 aliphatic heterocycles. The second-order valence-electron chi connectivity index (χ2n) is 6.77. The average molecular weight is 365 g/mol. The molecule has 0 saturated carbocycles. The van der Waals surface area contributed by atoms with Crippen molar-refractivity contribution in [2.75, 3.05) is 25.1 Å². The van der Waals surface area contributed by atoms with Crippen LogP contribution in [0.1, 0.15) is 35.4 Å². The quantitative estimate of drug-likeness (QED) is 0.879. The molecule has 1 aromatic heterocycles. The van der Waals surface area contributed by atoms with Gasteiger partial charge in [0, 0.05) is 31.4 Å². The molecular weight excluding hydrogens is 343 g/mol. The van der Waals surface area contributed by atoms with Crippen LogP contribution in [-0.2, 0) is 16.3 Å². The van der Waals surface area contributed by atoms with Crippen LogP contribution in [0, 0.1) is 13.8 Å². The number of ether oxygens (including phenoxy) is 1. The zero-order valence-corrected chi connectivity index (χ0v) is 14.9. The van der Waals surface area contributed by atoms with E-state index in [1.165, 1.54) is 12.1 Å². The highest BCUT2D eigenvalue weighted by Crippen LogP contribution is 2.38. The molecule has 2 aromatic rings. The number of rotatable bonds is 4. The number of nitrogens with one attached hydrogen (secondary N) is 1. The third-order valence-electron chi connectivity index (χ3n) is 4.92. The molecule has 1 fully saturated rings. The number of aromatic nitrogens is 2. The van der Waals surface area contributed by atoms with Crippen molar-refractivity contribution in [3.05, 3.63) is 53.0 Å². The van der Waals surface area contributed by atoms with Gasteiger partial charge in [-0.2, -0.15) is 13.2 Å². The highest BCUT2D eigenvalue weighted by molar-refractivity contribution is 5.42. The minimum absolute atomic E-state index is 0.433. The van der Waals surface area contributed by atoms with E-state index in [1.807, 2.05) is 13.8 Å². The second-order valence-corrected chi connectivity index (χ2v) is 6.77. The average Bonchev–Trinajstić information content (AvgIpc) is 2.63. The summed E-state index contributed by atoms with van der Waals surface area (Å²) in [6.45, 7) is 5.24. The number of hydrogen-bond donors (Lipinski definition) is 1. The molecule has 140 valence electrons. The van der Waals surface area contributed by atoms with E-state index in [1.54, 1.807) is 12.3 Å². The third-order valence-corrected chi connectivity index (χ3v) is 4.92. The fourth-order valence-corrected chi connectivity index (χ4v) is 3.31. The Morgan fingerprint density at radius 1 is 1.19 bits per heavy atom. The Balaban J connectivity index is 1.91. The monoisotopic (exact) mass is 365 g/mol. The van der Waals surface area contributed by atoms with Crippen LogP contribution in [-0.4, -0.2) is 29.7 Å². The first-order chi connectivity index (χ1) is 12.3. The van der Waals surface area contributed by atoms with Crippen LogP contribution >= 0.6 is 0 Å². The Labute approximate surface area is 150 Å². The number of halogens is 3. The molecule has 7 heteroatoms. The molecule has 0 amide bonds. The van der Waals surface area contributed by atoms with E-state index in [0.717, 1.165) is 17.5 Å². The van der Waals surface area contributed by atoms with E-state index in [2.05, 4.69) is 15.3 Å². The predicted molar refractivity (Wildman–Crippen MR) is 93.2 cm³/mol. The van der Waals surface area contributed by atoms with E-state index >= 15 is 0 Å².